The molecule has 0 fully saturated rings. The second-order valence-corrected chi connectivity index (χ2v) is 5.75. The van der Waals surface area contributed by atoms with Crippen LogP contribution in [0.25, 0.3) is 0 Å². The number of aryl methyl sites for hydroxylation is 1. The molecular weight excluding hydrogens is 458 g/mol. The molecule has 0 spiro atoms. The van der Waals surface area contributed by atoms with Crippen molar-refractivity contribution in [3.05, 3.63) is 83.9 Å². The maximum atomic E-state index is 14.2. The molecule has 0 unspecified atom stereocenters. The number of aromatic nitrogens is 1. The summed E-state index contributed by atoms with van der Waals surface area (Å²) in [5.41, 5.74) is 8.56. The van der Waals surface area contributed by atoms with Crippen molar-refractivity contribution in [2.45, 2.75) is 13.5 Å². The van der Waals surface area contributed by atoms with Gasteiger partial charge in [-0.3, -0.25) is 4.98 Å². The van der Waals surface area contributed by atoms with Crippen molar-refractivity contribution in [1.29, 1.82) is 0 Å². The van der Waals surface area contributed by atoms with Crippen molar-refractivity contribution in [2.24, 2.45) is 10.7 Å². The fourth-order valence-electron chi connectivity index (χ4n) is 2.35. The van der Waals surface area contributed by atoms with Crippen LogP contribution in [-0.2, 0) is 6.54 Å². The van der Waals surface area contributed by atoms with Gasteiger partial charge in [-0.2, -0.15) is 0 Å². The summed E-state index contributed by atoms with van der Waals surface area (Å²) < 4.78 is 19.7. The number of halogens is 2. The lowest BCUT2D eigenvalue weighted by Crippen LogP contribution is -2.22. The monoisotopic (exact) mass is 478 g/mol. The van der Waals surface area contributed by atoms with Crippen molar-refractivity contribution < 1.29 is 9.13 Å². The van der Waals surface area contributed by atoms with Crippen LogP contribution >= 0.6 is 24.0 Å². The largest absolute Gasteiger partial charge is 0.453 e. The van der Waals surface area contributed by atoms with E-state index in [2.05, 4.69) is 15.3 Å². The molecular formula is C20H20FIN4O. The standard InChI is InChI=1S/C20H19FN4O.HI/c1-14-4-2-5-16(10-14)25-20(22)24-12-15-7-8-19(18(21)11-15)26-17-6-3-9-23-13-17;/h2-11,13H,12H2,1H3,(H3,22,24,25);1H. The third-order valence-electron chi connectivity index (χ3n) is 3.58. The number of aliphatic imine (C=N–C) groups is 1. The van der Waals surface area contributed by atoms with Crippen molar-refractivity contribution in [2.75, 3.05) is 5.32 Å². The maximum Gasteiger partial charge on any atom is 0.193 e. The molecule has 1 aromatic heterocycles. The molecule has 140 valence electrons. The first-order chi connectivity index (χ1) is 12.6. The highest BCUT2D eigenvalue weighted by atomic mass is 127. The Hall–Kier alpha value is -2.68. The molecule has 0 saturated heterocycles. The Balaban J connectivity index is 0.00000261. The Morgan fingerprint density at radius 1 is 1.19 bits per heavy atom. The molecule has 0 amide bonds. The highest BCUT2D eigenvalue weighted by molar-refractivity contribution is 14.0. The summed E-state index contributed by atoms with van der Waals surface area (Å²) in [7, 11) is 0. The van der Waals surface area contributed by atoms with Crippen LogP contribution in [0.1, 0.15) is 11.1 Å². The van der Waals surface area contributed by atoms with Crippen molar-refractivity contribution in [3.63, 3.8) is 0 Å². The van der Waals surface area contributed by atoms with Crippen LogP contribution in [0.4, 0.5) is 10.1 Å². The molecule has 5 nitrogen and oxygen atoms in total. The van der Waals surface area contributed by atoms with Gasteiger partial charge in [0, 0.05) is 11.9 Å². The van der Waals surface area contributed by atoms with Crippen molar-refractivity contribution >= 4 is 35.6 Å². The number of anilines is 1. The predicted molar refractivity (Wildman–Crippen MR) is 116 cm³/mol. The number of hydrogen-bond donors (Lipinski definition) is 2. The Morgan fingerprint density at radius 2 is 2.04 bits per heavy atom. The summed E-state index contributed by atoms with van der Waals surface area (Å²) in [5, 5.41) is 3.01. The first kappa shape index (κ1) is 20.6. The van der Waals surface area contributed by atoms with Gasteiger partial charge in [-0.1, -0.05) is 18.2 Å². The van der Waals surface area contributed by atoms with Crippen LogP contribution in [0.2, 0.25) is 0 Å². The number of nitrogens with zero attached hydrogens (tertiary/aromatic N) is 2. The quantitative estimate of drug-likeness (QED) is 0.312. The van der Waals surface area contributed by atoms with Crippen LogP contribution in [0.5, 0.6) is 11.5 Å². The highest BCUT2D eigenvalue weighted by Crippen LogP contribution is 2.24. The number of nitrogens with two attached hydrogens (primary N) is 1. The van der Waals surface area contributed by atoms with Gasteiger partial charge in [-0.15, -0.1) is 24.0 Å². The smallest absolute Gasteiger partial charge is 0.193 e. The molecule has 3 aromatic rings. The van der Waals surface area contributed by atoms with E-state index < -0.39 is 5.82 Å². The van der Waals surface area contributed by atoms with Gasteiger partial charge in [0.25, 0.3) is 0 Å². The Kier molecular flexibility index (Phi) is 7.54. The lowest BCUT2D eigenvalue weighted by molar-refractivity contribution is 0.440. The minimum atomic E-state index is -0.466. The van der Waals surface area contributed by atoms with Crippen LogP contribution in [0, 0.1) is 12.7 Å². The molecule has 1 heterocycles. The molecule has 0 atom stereocenters. The minimum Gasteiger partial charge on any atom is -0.453 e. The van der Waals surface area contributed by atoms with Crippen molar-refractivity contribution in [1.82, 2.24) is 4.98 Å². The maximum absolute atomic E-state index is 14.2. The second-order valence-electron chi connectivity index (χ2n) is 5.75. The number of rotatable bonds is 5. The van der Waals surface area contributed by atoms with Gasteiger partial charge in [-0.05, 0) is 54.4 Å². The molecule has 7 heteroatoms. The molecule has 3 rings (SSSR count). The van der Waals surface area contributed by atoms with E-state index in [1.807, 2.05) is 31.2 Å². The van der Waals surface area contributed by atoms with Gasteiger partial charge >= 0.3 is 0 Å². The molecule has 0 bridgehead atoms. The van der Waals surface area contributed by atoms with E-state index in [0.717, 1.165) is 11.3 Å². The Bertz CT molecular complexity index is 919. The average molecular weight is 478 g/mol. The summed E-state index contributed by atoms with van der Waals surface area (Å²) in [4.78, 5) is 8.17. The number of ether oxygens (including phenoxy) is 1. The fourth-order valence-corrected chi connectivity index (χ4v) is 2.35. The zero-order valence-electron chi connectivity index (χ0n) is 14.7. The highest BCUT2D eigenvalue weighted by Gasteiger charge is 2.06. The average Bonchev–Trinajstić information content (AvgIpc) is 2.63. The zero-order valence-corrected chi connectivity index (χ0v) is 17.1. The van der Waals surface area contributed by atoms with Crippen LogP contribution in [-0.4, -0.2) is 10.9 Å². The number of guanidine groups is 1. The molecule has 2 aromatic carbocycles. The first-order valence-corrected chi connectivity index (χ1v) is 8.10. The predicted octanol–water partition coefficient (Wildman–Crippen LogP) is 4.87. The summed E-state index contributed by atoms with van der Waals surface area (Å²) in [6, 6.07) is 15.9. The molecule has 0 aliphatic carbocycles. The SMILES string of the molecule is Cc1cccc(NC(N)=NCc2ccc(Oc3cccnc3)c(F)c2)c1.I. The van der Waals surface area contributed by atoms with E-state index in [-0.39, 0.29) is 42.2 Å². The Labute approximate surface area is 174 Å². The minimum absolute atomic E-state index is 0. The van der Waals surface area contributed by atoms with Crippen LogP contribution in [0.3, 0.4) is 0 Å². The zero-order chi connectivity index (χ0) is 18.4. The fraction of sp³-hybridized carbons (Fsp3) is 0.100. The van der Waals surface area contributed by atoms with E-state index >= 15 is 0 Å². The summed E-state index contributed by atoms with van der Waals surface area (Å²) in [6.07, 6.45) is 3.15. The van der Waals surface area contributed by atoms with Gasteiger partial charge in [0.15, 0.2) is 17.5 Å². The number of hydrogen-bond acceptors (Lipinski definition) is 3. The van der Waals surface area contributed by atoms with E-state index in [0.29, 0.717) is 11.3 Å². The van der Waals surface area contributed by atoms with E-state index in [9.17, 15) is 4.39 Å². The number of nitrogens with one attached hydrogen (secondary N) is 1. The molecule has 0 aliphatic heterocycles. The van der Waals surface area contributed by atoms with Crippen LogP contribution in [0.15, 0.2) is 72.0 Å². The summed E-state index contributed by atoms with van der Waals surface area (Å²) in [5.74, 6) is 0.416. The van der Waals surface area contributed by atoms with Gasteiger partial charge in [-0.25, -0.2) is 9.38 Å². The lowest BCUT2D eigenvalue weighted by Gasteiger charge is -2.08. The van der Waals surface area contributed by atoms with E-state index in [1.54, 1.807) is 30.5 Å². The first-order valence-electron chi connectivity index (χ1n) is 8.10. The number of benzene rings is 2. The lowest BCUT2D eigenvalue weighted by atomic mass is 10.2. The summed E-state index contributed by atoms with van der Waals surface area (Å²) >= 11 is 0. The van der Waals surface area contributed by atoms with Gasteiger partial charge in [0.2, 0.25) is 0 Å². The van der Waals surface area contributed by atoms with E-state index in [1.165, 1.54) is 12.3 Å². The third kappa shape index (κ3) is 6.21. The molecule has 0 radical (unpaired) electrons. The van der Waals surface area contributed by atoms with E-state index in [4.69, 9.17) is 10.5 Å². The normalized spacial score (nSPS) is 10.8. The molecule has 27 heavy (non-hydrogen) atoms. The molecule has 3 N–H and O–H groups in total. The second kappa shape index (κ2) is 9.86. The van der Waals surface area contributed by atoms with Gasteiger partial charge in [0.1, 0.15) is 5.75 Å². The number of pyridine rings is 1. The summed E-state index contributed by atoms with van der Waals surface area (Å²) in [6.45, 7) is 2.26. The van der Waals surface area contributed by atoms with Gasteiger partial charge < -0.3 is 15.8 Å². The van der Waals surface area contributed by atoms with Gasteiger partial charge in [0.05, 0.1) is 12.7 Å². The third-order valence-corrected chi connectivity index (χ3v) is 3.58. The van der Waals surface area contributed by atoms with Crippen molar-refractivity contribution in [3.8, 4) is 11.5 Å². The Morgan fingerprint density at radius 3 is 2.74 bits per heavy atom. The molecule has 0 aliphatic rings. The van der Waals surface area contributed by atoms with Crippen LogP contribution < -0.4 is 15.8 Å². The molecule has 0 saturated carbocycles. The topological polar surface area (TPSA) is 72.5 Å².